The maximum atomic E-state index is 13.2. The zero-order valence-electron chi connectivity index (χ0n) is 32.0. The van der Waals surface area contributed by atoms with Crippen LogP contribution in [-0.2, 0) is 29.2 Å². The van der Waals surface area contributed by atoms with Crippen LogP contribution >= 0.6 is 0 Å². The average molecular weight is 703 g/mol. The van der Waals surface area contributed by atoms with Gasteiger partial charge >= 0.3 is 11.9 Å². The van der Waals surface area contributed by atoms with Gasteiger partial charge in [-0.15, -0.1) is 0 Å². The number of carbonyl (C=O) groups excluding carboxylic acids is 2. The molecular weight excluding hydrogens is 625 g/mol. The van der Waals surface area contributed by atoms with Crippen LogP contribution in [0.2, 0.25) is 0 Å². The van der Waals surface area contributed by atoms with Crippen LogP contribution in [0.1, 0.15) is 227 Å². The van der Waals surface area contributed by atoms with Crippen LogP contribution in [0.25, 0.3) is 0 Å². The van der Waals surface area contributed by atoms with E-state index in [4.69, 9.17) is 9.47 Å². The molecule has 0 saturated carbocycles. The van der Waals surface area contributed by atoms with Crippen LogP contribution < -0.4 is 0 Å². The predicted molar refractivity (Wildman–Crippen MR) is 201 cm³/mol. The molecule has 3 atom stereocenters. The lowest BCUT2D eigenvalue weighted by Gasteiger charge is -2.22. The molecule has 0 saturated heterocycles. The number of carbonyl (C=O) groups is 2. The Balaban J connectivity index is 5.25. The first kappa shape index (κ1) is 46.9. The Hall–Kier alpha value is -1.15. The van der Waals surface area contributed by atoms with Gasteiger partial charge in [0.1, 0.15) is 12.2 Å². The SMILES string of the molecule is CCCCCCCCCC(CCCCCCCC)OC(=O)CC(C(=O)OC(CCCCCCCC)CCCCCCCCC)S(=O)(=O)O. The lowest BCUT2D eigenvalue weighted by atomic mass is 10.0. The Morgan fingerprint density at radius 3 is 1.02 bits per heavy atom. The second-order valence-electron chi connectivity index (χ2n) is 14.3. The molecular formula is C40H78O7S. The van der Waals surface area contributed by atoms with Gasteiger partial charge in [0, 0.05) is 0 Å². The minimum absolute atomic E-state index is 0.310. The molecule has 0 heterocycles. The van der Waals surface area contributed by atoms with Crippen LogP contribution in [-0.4, -0.2) is 42.4 Å². The molecule has 8 heteroatoms. The van der Waals surface area contributed by atoms with Gasteiger partial charge in [0.15, 0.2) is 5.25 Å². The highest BCUT2D eigenvalue weighted by molar-refractivity contribution is 7.87. The molecule has 0 aromatic rings. The van der Waals surface area contributed by atoms with Crippen molar-refractivity contribution in [2.75, 3.05) is 0 Å². The Bertz CT molecular complexity index is 845. The van der Waals surface area contributed by atoms with E-state index in [0.29, 0.717) is 12.8 Å². The van der Waals surface area contributed by atoms with E-state index in [1.54, 1.807) is 0 Å². The zero-order valence-corrected chi connectivity index (χ0v) is 32.8. The first-order valence-electron chi connectivity index (χ1n) is 20.6. The summed E-state index contributed by atoms with van der Waals surface area (Å²) in [5, 5.41) is -1.96. The van der Waals surface area contributed by atoms with Crippen molar-refractivity contribution in [1.82, 2.24) is 0 Å². The summed E-state index contributed by atoms with van der Waals surface area (Å²) in [5.74, 6) is -1.79. The lowest BCUT2D eigenvalue weighted by Crippen LogP contribution is -2.37. The van der Waals surface area contributed by atoms with Gasteiger partial charge in [0.2, 0.25) is 0 Å². The average Bonchev–Trinajstić information content (AvgIpc) is 3.04. The molecule has 0 aliphatic heterocycles. The second-order valence-corrected chi connectivity index (χ2v) is 15.9. The first-order chi connectivity index (χ1) is 23.2. The van der Waals surface area contributed by atoms with Crippen molar-refractivity contribution in [1.29, 1.82) is 0 Å². The van der Waals surface area contributed by atoms with Crippen molar-refractivity contribution in [2.24, 2.45) is 0 Å². The molecule has 0 radical (unpaired) electrons. The normalized spacial score (nSPS) is 13.7. The number of ether oxygens (including phenoxy) is 2. The summed E-state index contributed by atoms with van der Waals surface area (Å²) in [6, 6.07) is 0. The molecule has 0 aliphatic carbocycles. The van der Waals surface area contributed by atoms with E-state index in [9.17, 15) is 22.6 Å². The Labute approximate surface area is 297 Å². The van der Waals surface area contributed by atoms with Gasteiger partial charge in [-0.2, -0.15) is 8.42 Å². The first-order valence-corrected chi connectivity index (χ1v) is 22.1. The Kier molecular flexibility index (Phi) is 32.2. The second kappa shape index (κ2) is 33.0. The van der Waals surface area contributed by atoms with Gasteiger partial charge in [-0.25, -0.2) is 0 Å². The summed E-state index contributed by atoms with van der Waals surface area (Å²) in [6.07, 6.45) is 30.8. The van der Waals surface area contributed by atoms with Crippen molar-refractivity contribution < 1.29 is 32.0 Å². The van der Waals surface area contributed by atoms with E-state index in [2.05, 4.69) is 27.7 Å². The minimum atomic E-state index is -4.85. The molecule has 0 fully saturated rings. The minimum Gasteiger partial charge on any atom is -0.462 e. The summed E-state index contributed by atoms with van der Waals surface area (Å²) >= 11 is 0. The van der Waals surface area contributed by atoms with Gasteiger partial charge < -0.3 is 9.47 Å². The Morgan fingerprint density at radius 2 is 0.729 bits per heavy atom. The molecule has 7 nitrogen and oxygen atoms in total. The maximum absolute atomic E-state index is 13.2. The number of rotatable bonds is 36. The molecule has 0 bridgehead atoms. The van der Waals surface area contributed by atoms with E-state index >= 15 is 0 Å². The van der Waals surface area contributed by atoms with Crippen LogP contribution in [0.3, 0.4) is 0 Å². The molecule has 1 N–H and O–H groups in total. The van der Waals surface area contributed by atoms with Gasteiger partial charge in [0.25, 0.3) is 10.1 Å². The maximum Gasteiger partial charge on any atom is 0.327 e. The van der Waals surface area contributed by atoms with Gasteiger partial charge in [-0.3, -0.25) is 14.1 Å². The van der Waals surface area contributed by atoms with E-state index in [1.807, 2.05) is 0 Å². The van der Waals surface area contributed by atoms with Crippen molar-refractivity contribution in [2.45, 2.75) is 244 Å². The van der Waals surface area contributed by atoms with Crippen LogP contribution in [0, 0.1) is 0 Å². The molecule has 0 aliphatic rings. The zero-order chi connectivity index (χ0) is 35.7. The van der Waals surface area contributed by atoms with Crippen molar-refractivity contribution in [3.63, 3.8) is 0 Å². The third kappa shape index (κ3) is 28.7. The third-order valence-corrected chi connectivity index (χ3v) is 10.7. The fourth-order valence-electron chi connectivity index (χ4n) is 6.42. The summed E-state index contributed by atoms with van der Waals surface area (Å²) in [4.78, 5) is 26.3. The molecule has 3 unspecified atom stereocenters. The molecule has 0 aromatic carbocycles. The quantitative estimate of drug-likeness (QED) is 0.0393. The number of hydrogen-bond donors (Lipinski definition) is 1. The molecule has 48 heavy (non-hydrogen) atoms. The molecule has 0 rings (SSSR count). The van der Waals surface area contributed by atoms with E-state index < -0.39 is 39.8 Å². The number of unbranched alkanes of at least 4 members (excludes halogenated alkanes) is 22. The van der Waals surface area contributed by atoms with Crippen molar-refractivity contribution >= 4 is 22.1 Å². The van der Waals surface area contributed by atoms with E-state index in [-0.39, 0.29) is 6.10 Å². The predicted octanol–water partition coefficient (Wildman–Crippen LogP) is 12.2. The van der Waals surface area contributed by atoms with Gasteiger partial charge in [-0.1, -0.05) is 169 Å². The van der Waals surface area contributed by atoms with Crippen molar-refractivity contribution in [3.8, 4) is 0 Å². The van der Waals surface area contributed by atoms with Gasteiger partial charge in [-0.05, 0) is 51.4 Å². The molecule has 0 aromatic heterocycles. The highest BCUT2D eigenvalue weighted by Gasteiger charge is 2.37. The largest absolute Gasteiger partial charge is 0.462 e. The van der Waals surface area contributed by atoms with E-state index in [0.717, 1.165) is 89.9 Å². The van der Waals surface area contributed by atoms with E-state index in [1.165, 1.54) is 89.9 Å². The fourth-order valence-corrected chi connectivity index (χ4v) is 7.07. The van der Waals surface area contributed by atoms with Crippen LogP contribution in [0.5, 0.6) is 0 Å². The van der Waals surface area contributed by atoms with Crippen LogP contribution in [0.4, 0.5) is 0 Å². The molecule has 286 valence electrons. The Morgan fingerprint density at radius 1 is 0.458 bits per heavy atom. The third-order valence-electron chi connectivity index (χ3n) is 9.57. The molecule has 0 spiro atoms. The number of esters is 2. The number of hydrogen-bond acceptors (Lipinski definition) is 6. The summed E-state index contributed by atoms with van der Waals surface area (Å²) in [6.45, 7) is 8.79. The topological polar surface area (TPSA) is 107 Å². The van der Waals surface area contributed by atoms with Crippen molar-refractivity contribution in [3.05, 3.63) is 0 Å². The standard InChI is InChI=1S/C40H78O7S/c1-5-9-13-17-21-25-28-32-36(31-27-23-19-15-11-7-3)46-39(41)35-38(48(43,44)45)40(42)47-37(33-29-24-20-16-12-8-4)34-30-26-22-18-14-10-6-2/h36-38H,5-35H2,1-4H3,(H,43,44,45). The fraction of sp³-hybridized carbons (Fsp3) is 0.950. The van der Waals surface area contributed by atoms with Gasteiger partial charge in [0.05, 0.1) is 6.42 Å². The monoisotopic (exact) mass is 703 g/mol. The summed E-state index contributed by atoms with van der Waals surface area (Å²) < 4.78 is 46.4. The summed E-state index contributed by atoms with van der Waals surface area (Å²) in [5.41, 5.74) is 0. The smallest absolute Gasteiger partial charge is 0.327 e. The lowest BCUT2D eigenvalue weighted by molar-refractivity contribution is -0.156. The molecule has 0 amide bonds. The highest BCUT2D eigenvalue weighted by atomic mass is 32.2. The summed E-state index contributed by atoms with van der Waals surface area (Å²) in [7, 11) is -4.85. The highest BCUT2D eigenvalue weighted by Crippen LogP contribution is 2.22. The van der Waals surface area contributed by atoms with Crippen LogP contribution in [0.15, 0.2) is 0 Å².